The second kappa shape index (κ2) is 7.33. The highest BCUT2D eigenvalue weighted by Gasteiger charge is 2.19. The van der Waals surface area contributed by atoms with Crippen LogP contribution in [0.25, 0.3) is 10.9 Å². The molecule has 0 aliphatic rings. The third-order valence-electron chi connectivity index (χ3n) is 4.07. The minimum absolute atomic E-state index is 0.232. The number of hydrogen-bond acceptors (Lipinski definition) is 3. The molecule has 136 valence electrons. The van der Waals surface area contributed by atoms with Crippen LogP contribution in [-0.4, -0.2) is 18.9 Å². The van der Waals surface area contributed by atoms with E-state index >= 15 is 0 Å². The summed E-state index contributed by atoms with van der Waals surface area (Å²) >= 11 is 0. The van der Waals surface area contributed by atoms with Crippen LogP contribution in [-0.2, 0) is 22.3 Å². The van der Waals surface area contributed by atoms with Gasteiger partial charge in [-0.15, -0.1) is 0 Å². The second-order valence-electron chi connectivity index (χ2n) is 6.78. The van der Waals surface area contributed by atoms with Crippen LogP contribution in [0.1, 0.15) is 29.8 Å². The Balaban J connectivity index is 1.85. The highest BCUT2D eigenvalue weighted by atomic mass is 32.2. The van der Waals surface area contributed by atoms with E-state index in [-0.39, 0.29) is 5.75 Å². The van der Waals surface area contributed by atoms with E-state index < -0.39 is 15.9 Å². The first-order valence-electron chi connectivity index (χ1n) is 8.52. The summed E-state index contributed by atoms with van der Waals surface area (Å²) in [5, 5.41) is 0.751. The Kier molecular flexibility index (Phi) is 5.13. The first kappa shape index (κ1) is 18.2. The molecule has 3 aromatic rings. The largest absolute Gasteiger partial charge is 0.347 e. The number of carbonyl (C=O) groups is 1. The van der Waals surface area contributed by atoms with Crippen molar-refractivity contribution in [2.24, 2.45) is 5.92 Å². The quantitative estimate of drug-likeness (QED) is 0.721. The van der Waals surface area contributed by atoms with Crippen LogP contribution < -0.4 is 4.72 Å². The lowest BCUT2D eigenvalue weighted by molar-refractivity contribution is 0.0983. The zero-order valence-corrected chi connectivity index (χ0v) is 15.7. The number of nitrogens with one attached hydrogen (secondary N) is 1. The highest BCUT2D eigenvalue weighted by Crippen LogP contribution is 2.21. The van der Waals surface area contributed by atoms with E-state index in [0.29, 0.717) is 17.0 Å². The maximum Gasteiger partial charge on any atom is 0.265 e. The minimum Gasteiger partial charge on any atom is -0.347 e. The van der Waals surface area contributed by atoms with Crippen molar-refractivity contribution in [3.63, 3.8) is 0 Å². The van der Waals surface area contributed by atoms with Crippen molar-refractivity contribution in [3.8, 4) is 0 Å². The van der Waals surface area contributed by atoms with E-state index in [2.05, 4.69) is 23.1 Å². The first-order chi connectivity index (χ1) is 12.4. The van der Waals surface area contributed by atoms with Gasteiger partial charge in [-0.25, -0.2) is 13.1 Å². The van der Waals surface area contributed by atoms with Gasteiger partial charge in [-0.1, -0.05) is 50.2 Å². The molecule has 6 heteroatoms. The number of sulfonamides is 1. The van der Waals surface area contributed by atoms with Crippen LogP contribution in [0.5, 0.6) is 0 Å². The van der Waals surface area contributed by atoms with E-state index in [4.69, 9.17) is 0 Å². The molecule has 0 aliphatic heterocycles. The molecule has 1 aromatic heterocycles. The number of fused-ring (bicyclic) bond motifs is 1. The monoisotopic (exact) mass is 370 g/mol. The van der Waals surface area contributed by atoms with Gasteiger partial charge in [0.25, 0.3) is 5.91 Å². The summed E-state index contributed by atoms with van der Waals surface area (Å²) in [6.45, 7) is 5.08. The predicted molar refractivity (Wildman–Crippen MR) is 103 cm³/mol. The van der Waals surface area contributed by atoms with Gasteiger partial charge >= 0.3 is 0 Å². The third-order valence-corrected chi connectivity index (χ3v) is 5.28. The molecule has 1 amide bonds. The van der Waals surface area contributed by atoms with Gasteiger partial charge in [-0.2, -0.15) is 0 Å². The minimum atomic E-state index is -3.77. The molecule has 26 heavy (non-hydrogen) atoms. The molecule has 0 saturated carbocycles. The maximum absolute atomic E-state index is 12.6. The van der Waals surface area contributed by atoms with Crippen molar-refractivity contribution in [2.45, 2.75) is 26.1 Å². The summed E-state index contributed by atoms with van der Waals surface area (Å²) in [6, 6.07) is 16.0. The average molecular weight is 370 g/mol. The predicted octanol–water partition coefficient (Wildman–Crippen LogP) is 3.56. The summed E-state index contributed by atoms with van der Waals surface area (Å²) in [6.07, 6.45) is 1.93. The third kappa shape index (κ3) is 4.14. The van der Waals surface area contributed by atoms with Gasteiger partial charge in [0.15, 0.2) is 0 Å². The Labute approximate surface area is 153 Å². The van der Waals surface area contributed by atoms with E-state index in [1.807, 2.05) is 24.4 Å². The van der Waals surface area contributed by atoms with E-state index in [9.17, 15) is 13.2 Å². The number of rotatable bonds is 6. The lowest BCUT2D eigenvalue weighted by Crippen LogP contribution is -2.31. The fourth-order valence-corrected chi connectivity index (χ4v) is 4.10. The molecule has 0 radical (unpaired) electrons. The van der Waals surface area contributed by atoms with Crippen molar-refractivity contribution in [1.29, 1.82) is 0 Å². The molecule has 0 atom stereocenters. The first-order valence-corrected chi connectivity index (χ1v) is 10.2. The van der Waals surface area contributed by atoms with Crippen LogP contribution in [0.15, 0.2) is 60.8 Å². The molecule has 0 bridgehead atoms. The van der Waals surface area contributed by atoms with Crippen LogP contribution in [0.2, 0.25) is 0 Å². The molecule has 3 rings (SSSR count). The Morgan fingerprint density at radius 3 is 2.46 bits per heavy atom. The van der Waals surface area contributed by atoms with Gasteiger partial charge in [0.05, 0.1) is 5.75 Å². The van der Waals surface area contributed by atoms with Crippen molar-refractivity contribution in [3.05, 3.63) is 71.9 Å². The normalized spacial score (nSPS) is 11.8. The number of aromatic nitrogens is 1. The molecule has 0 saturated heterocycles. The van der Waals surface area contributed by atoms with Crippen molar-refractivity contribution in [1.82, 2.24) is 9.29 Å². The van der Waals surface area contributed by atoms with Gasteiger partial charge in [0.2, 0.25) is 10.0 Å². The number of nitrogens with zero attached hydrogens (tertiary/aromatic N) is 1. The second-order valence-corrected chi connectivity index (χ2v) is 8.50. The molecular formula is C20H22N2O3S. The summed E-state index contributed by atoms with van der Waals surface area (Å²) < 4.78 is 28.9. The Morgan fingerprint density at radius 2 is 1.77 bits per heavy atom. The topological polar surface area (TPSA) is 68.2 Å². The SMILES string of the molecule is CC(C)Cn1ccc2c(C(=O)NS(=O)(=O)Cc3ccccc3)cccc21. The van der Waals surface area contributed by atoms with Gasteiger partial charge in [-0.3, -0.25) is 4.79 Å². The van der Waals surface area contributed by atoms with E-state index in [1.54, 1.807) is 36.4 Å². The summed E-state index contributed by atoms with van der Waals surface area (Å²) in [7, 11) is -3.77. The summed E-state index contributed by atoms with van der Waals surface area (Å²) in [5.41, 5.74) is 1.92. The Hall–Kier alpha value is -2.60. The van der Waals surface area contributed by atoms with Crippen molar-refractivity contribution >= 4 is 26.8 Å². The zero-order valence-electron chi connectivity index (χ0n) is 14.8. The van der Waals surface area contributed by atoms with Gasteiger partial charge in [0.1, 0.15) is 0 Å². The number of carbonyl (C=O) groups excluding carboxylic acids is 1. The Bertz CT molecular complexity index is 1020. The van der Waals surface area contributed by atoms with Gasteiger partial charge in [-0.05, 0) is 29.7 Å². The fourth-order valence-electron chi connectivity index (χ4n) is 3.00. The summed E-state index contributed by atoms with van der Waals surface area (Å²) in [5.74, 6) is -0.368. The maximum atomic E-state index is 12.6. The van der Waals surface area contributed by atoms with Crippen LogP contribution in [0, 0.1) is 5.92 Å². The lowest BCUT2D eigenvalue weighted by atomic mass is 10.1. The molecule has 1 N–H and O–H groups in total. The van der Waals surface area contributed by atoms with Gasteiger partial charge < -0.3 is 4.57 Å². The molecule has 0 unspecified atom stereocenters. The molecule has 0 aliphatic carbocycles. The highest BCUT2D eigenvalue weighted by molar-refractivity contribution is 7.89. The molecular weight excluding hydrogens is 348 g/mol. The van der Waals surface area contributed by atoms with Crippen LogP contribution >= 0.6 is 0 Å². The lowest BCUT2D eigenvalue weighted by Gasteiger charge is -2.10. The molecule has 0 fully saturated rings. The van der Waals surface area contributed by atoms with E-state index in [0.717, 1.165) is 17.4 Å². The van der Waals surface area contributed by atoms with Crippen molar-refractivity contribution < 1.29 is 13.2 Å². The van der Waals surface area contributed by atoms with Gasteiger partial charge in [0, 0.05) is 29.2 Å². The Morgan fingerprint density at radius 1 is 1.04 bits per heavy atom. The number of hydrogen-bond donors (Lipinski definition) is 1. The zero-order chi connectivity index (χ0) is 18.7. The fraction of sp³-hybridized carbons (Fsp3) is 0.250. The van der Waals surface area contributed by atoms with E-state index in [1.165, 1.54) is 0 Å². The average Bonchev–Trinajstić information content (AvgIpc) is 2.97. The number of amides is 1. The summed E-state index contributed by atoms with van der Waals surface area (Å²) in [4.78, 5) is 12.6. The molecule has 2 aromatic carbocycles. The number of benzene rings is 2. The van der Waals surface area contributed by atoms with Crippen molar-refractivity contribution in [2.75, 3.05) is 0 Å². The molecule has 5 nitrogen and oxygen atoms in total. The van der Waals surface area contributed by atoms with Crippen LogP contribution in [0.3, 0.4) is 0 Å². The molecule has 0 spiro atoms. The van der Waals surface area contributed by atoms with Crippen LogP contribution in [0.4, 0.5) is 0 Å². The smallest absolute Gasteiger partial charge is 0.265 e. The molecule has 1 heterocycles. The standard InChI is InChI=1S/C20H22N2O3S/c1-15(2)13-22-12-11-17-18(9-6-10-19(17)22)20(23)21-26(24,25)14-16-7-4-3-5-8-16/h3-12,15H,13-14H2,1-2H3,(H,21,23).